The van der Waals surface area contributed by atoms with Crippen molar-refractivity contribution in [1.29, 1.82) is 0 Å². The number of carboxylic acid groups (broad SMARTS) is 1. The van der Waals surface area contributed by atoms with E-state index in [0.717, 1.165) is 60.1 Å². The molecule has 6 nitrogen and oxygen atoms in total. The fourth-order valence-corrected chi connectivity index (χ4v) is 9.26. The van der Waals surface area contributed by atoms with Crippen LogP contribution in [0.5, 0.6) is 11.5 Å². The number of ether oxygens (including phenoxy) is 2. The Hall–Kier alpha value is -4.65. The van der Waals surface area contributed by atoms with Crippen LogP contribution in [0.25, 0.3) is 33.5 Å². The van der Waals surface area contributed by atoms with Crippen molar-refractivity contribution >= 4 is 17.0 Å². The predicted octanol–water partition coefficient (Wildman–Crippen LogP) is 10.6. The molecule has 1 fully saturated rings. The number of hydrogen-bond acceptors (Lipinski definition) is 4. The maximum atomic E-state index is 16.1. The van der Waals surface area contributed by atoms with Gasteiger partial charge in [-0.15, -0.1) is 0 Å². The van der Waals surface area contributed by atoms with Gasteiger partial charge in [0, 0.05) is 30.7 Å². The number of carbonyl (C=O) groups is 1. The third kappa shape index (κ3) is 6.52. The largest absolute Gasteiger partial charge is 0.496 e. The van der Waals surface area contributed by atoms with Crippen LogP contribution in [0.3, 0.4) is 0 Å². The molecular weight excluding hydrogens is 639 g/mol. The van der Waals surface area contributed by atoms with Crippen LogP contribution >= 0.6 is 0 Å². The third-order valence-electron chi connectivity index (χ3n) is 11.8. The first-order chi connectivity index (χ1) is 24.5. The fraction of sp³-hybridized carbons (Fsp3) is 0.409. The zero-order valence-electron chi connectivity index (χ0n) is 30.5. The van der Waals surface area contributed by atoms with Crippen molar-refractivity contribution in [2.75, 3.05) is 13.7 Å². The SMILES string of the molecule is COc1cc(OCCCC(=O)O)ccc1-c1nc2cc(-c3ccccc3)c(F)cc2n1C[C@]1(C)CCC[C@]2(C)c3ccc(C(C)C)cc3CC[C@@H]12. The molecule has 1 N–H and O–H groups in total. The molecule has 1 aromatic heterocycles. The number of methoxy groups -OCH3 is 1. The van der Waals surface area contributed by atoms with Gasteiger partial charge >= 0.3 is 5.97 Å². The molecule has 7 rings (SSSR count). The lowest BCUT2D eigenvalue weighted by molar-refractivity contribution is -0.137. The van der Waals surface area contributed by atoms with E-state index >= 15 is 4.39 Å². The van der Waals surface area contributed by atoms with E-state index in [4.69, 9.17) is 19.6 Å². The minimum atomic E-state index is -0.845. The number of fused-ring (bicyclic) bond motifs is 4. The molecule has 5 aromatic rings. The number of hydrogen-bond donors (Lipinski definition) is 1. The summed E-state index contributed by atoms with van der Waals surface area (Å²) in [5.41, 5.74) is 8.03. The Morgan fingerprint density at radius 1 is 1.02 bits per heavy atom. The second-order valence-corrected chi connectivity index (χ2v) is 15.5. The minimum absolute atomic E-state index is 0.0458. The number of rotatable bonds is 11. The Balaban J connectivity index is 1.32. The molecule has 0 amide bonds. The molecule has 0 aliphatic heterocycles. The first-order valence-electron chi connectivity index (χ1n) is 18.4. The lowest BCUT2D eigenvalue weighted by Crippen LogP contribution is -2.50. The van der Waals surface area contributed by atoms with E-state index in [-0.39, 0.29) is 29.7 Å². The van der Waals surface area contributed by atoms with Gasteiger partial charge in [-0.1, -0.05) is 82.6 Å². The highest BCUT2D eigenvalue weighted by Crippen LogP contribution is 2.58. The zero-order chi connectivity index (χ0) is 35.9. The summed E-state index contributed by atoms with van der Waals surface area (Å²) in [4.78, 5) is 16.2. The lowest BCUT2D eigenvalue weighted by Gasteiger charge is -2.56. The maximum absolute atomic E-state index is 16.1. The highest BCUT2D eigenvalue weighted by molar-refractivity contribution is 5.87. The Morgan fingerprint density at radius 3 is 2.57 bits per heavy atom. The molecule has 0 saturated heterocycles. The summed E-state index contributed by atoms with van der Waals surface area (Å²) in [5.74, 6) is 1.75. The molecule has 266 valence electrons. The molecule has 0 unspecified atom stereocenters. The fourth-order valence-electron chi connectivity index (χ4n) is 9.26. The number of benzene rings is 4. The number of aryl methyl sites for hydroxylation is 1. The second-order valence-electron chi connectivity index (χ2n) is 15.5. The van der Waals surface area contributed by atoms with Crippen LogP contribution in [-0.4, -0.2) is 34.3 Å². The summed E-state index contributed by atoms with van der Waals surface area (Å²) in [5, 5.41) is 9.02. The molecule has 1 saturated carbocycles. The van der Waals surface area contributed by atoms with Crippen molar-refractivity contribution in [3.8, 4) is 34.0 Å². The summed E-state index contributed by atoms with van der Waals surface area (Å²) >= 11 is 0. The molecule has 7 heteroatoms. The molecule has 4 aromatic carbocycles. The molecular formula is C44H49FN2O4. The van der Waals surface area contributed by atoms with Gasteiger partial charge in [-0.05, 0) is 95.2 Å². The predicted molar refractivity (Wildman–Crippen MR) is 201 cm³/mol. The Labute approximate surface area is 300 Å². The zero-order valence-corrected chi connectivity index (χ0v) is 30.5. The van der Waals surface area contributed by atoms with E-state index in [0.29, 0.717) is 41.9 Å². The van der Waals surface area contributed by atoms with Gasteiger partial charge in [-0.3, -0.25) is 4.79 Å². The van der Waals surface area contributed by atoms with Gasteiger partial charge in [-0.2, -0.15) is 0 Å². The van der Waals surface area contributed by atoms with Crippen LogP contribution in [0.4, 0.5) is 4.39 Å². The van der Waals surface area contributed by atoms with Crippen LogP contribution in [0.15, 0.2) is 78.9 Å². The first kappa shape index (κ1) is 34.8. The van der Waals surface area contributed by atoms with Crippen LogP contribution in [0, 0.1) is 17.2 Å². The van der Waals surface area contributed by atoms with E-state index in [1.165, 1.54) is 16.7 Å². The Bertz CT molecular complexity index is 2070. The Morgan fingerprint density at radius 2 is 1.82 bits per heavy atom. The van der Waals surface area contributed by atoms with Crippen LogP contribution in [0.1, 0.15) is 88.8 Å². The monoisotopic (exact) mass is 688 g/mol. The van der Waals surface area contributed by atoms with E-state index in [1.54, 1.807) is 13.2 Å². The molecule has 0 bridgehead atoms. The summed E-state index contributed by atoms with van der Waals surface area (Å²) < 4.78 is 30.2. The van der Waals surface area contributed by atoms with Crippen molar-refractivity contribution in [1.82, 2.24) is 9.55 Å². The van der Waals surface area contributed by atoms with Crippen LogP contribution < -0.4 is 9.47 Å². The van der Waals surface area contributed by atoms with E-state index < -0.39 is 5.97 Å². The first-order valence-corrected chi connectivity index (χ1v) is 18.4. The van der Waals surface area contributed by atoms with Crippen LogP contribution in [0.2, 0.25) is 0 Å². The number of aliphatic carboxylic acids is 1. The maximum Gasteiger partial charge on any atom is 0.303 e. The molecule has 51 heavy (non-hydrogen) atoms. The van der Waals surface area contributed by atoms with Gasteiger partial charge in [0.1, 0.15) is 23.1 Å². The van der Waals surface area contributed by atoms with Crippen molar-refractivity contribution < 1.29 is 23.8 Å². The van der Waals surface area contributed by atoms with Gasteiger partial charge in [-0.25, -0.2) is 9.37 Å². The lowest BCUT2D eigenvalue weighted by atomic mass is 9.49. The average Bonchev–Trinajstić information content (AvgIpc) is 3.45. The topological polar surface area (TPSA) is 73.6 Å². The average molecular weight is 689 g/mol. The third-order valence-corrected chi connectivity index (χ3v) is 11.8. The quantitative estimate of drug-likeness (QED) is 0.140. The van der Waals surface area contributed by atoms with Gasteiger partial charge < -0.3 is 19.1 Å². The number of aromatic nitrogens is 2. The molecule has 2 aliphatic rings. The van der Waals surface area contributed by atoms with Gasteiger partial charge in [0.25, 0.3) is 0 Å². The number of imidazole rings is 1. The highest BCUT2D eigenvalue weighted by atomic mass is 19.1. The molecule has 0 spiro atoms. The molecule has 1 heterocycles. The summed E-state index contributed by atoms with van der Waals surface area (Å²) in [6.07, 6.45) is 6.01. The smallest absolute Gasteiger partial charge is 0.303 e. The van der Waals surface area contributed by atoms with Gasteiger partial charge in [0.15, 0.2) is 0 Å². The molecule has 3 atom stereocenters. The molecule has 0 radical (unpaired) electrons. The van der Waals surface area contributed by atoms with E-state index in [9.17, 15) is 4.79 Å². The number of carboxylic acids is 1. The second kappa shape index (κ2) is 13.8. The van der Waals surface area contributed by atoms with Crippen molar-refractivity contribution in [3.05, 3.63) is 101 Å². The van der Waals surface area contributed by atoms with Gasteiger partial charge in [0.05, 0.1) is 30.3 Å². The van der Waals surface area contributed by atoms with Gasteiger partial charge in [0.2, 0.25) is 0 Å². The summed E-state index contributed by atoms with van der Waals surface area (Å²) in [6.45, 7) is 10.4. The Kier molecular flexibility index (Phi) is 9.42. The van der Waals surface area contributed by atoms with Crippen molar-refractivity contribution in [3.63, 3.8) is 0 Å². The number of halogens is 1. The molecule has 2 aliphatic carbocycles. The van der Waals surface area contributed by atoms with Crippen molar-refractivity contribution in [2.24, 2.45) is 11.3 Å². The summed E-state index contributed by atoms with van der Waals surface area (Å²) in [7, 11) is 1.63. The number of nitrogens with zero attached hydrogens (tertiary/aromatic N) is 2. The van der Waals surface area contributed by atoms with E-state index in [2.05, 4.69) is 50.5 Å². The highest BCUT2D eigenvalue weighted by Gasteiger charge is 2.52. The summed E-state index contributed by atoms with van der Waals surface area (Å²) in [6, 6.07) is 26.0. The van der Waals surface area contributed by atoms with E-state index in [1.807, 2.05) is 54.6 Å². The minimum Gasteiger partial charge on any atom is -0.496 e. The normalized spacial score (nSPS) is 21.4. The standard InChI is InChI=1S/C44H49FN2O4/c1-28(2)30-14-18-35-31(23-30)15-19-40-43(3,20-10-21-44(35,40)4)27-47-38-26-36(45)34(29-11-7-6-8-12-29)25-37(38)46-42(47)33-17-16-32(24-39(33)50-5)51-22-9-13-41(48)49/h6-8,11-12,14,16-18,23-26,28,40H,9-10,13,15,19-22,27H2,1-5H3,(H,48,49)/t40-,43-,44+/m0/s1. The van der Waals surface area contributed by atoms with Crippen molar-refractivity contribution in [2.45, 2.75) is 90.5 Å². The van der Waals surface area contributed by atoms with Crippen LogP contribution in [-0.2, 0) is 23.2 Å².